The summed E-state index contributed by atoms with van der Waals surface area (Å²) in [5.74, 6) is 0.440. The molecule has 1 fully saturated rings. The summed E-state index contributed by atoms with van der Waals surface area (Å²) in [6.07, 6.45) is 1.87. The first-order chi connectivity index (χ1) is 8.35. The molecule has 4 nitrogen and oxygen atoms in total. The van der Waals surface area contributed by atoms with Crippen LogP contribution in [0.5, 0.6) is 0 Å². The molecule has 1 aliphatic carbocycles. The van der Waals surface area contributed by atoms with Crippen LogP contribution in [0.2, 0.25) is 5.02 Å². The van der Waals surface area contributed by atoms with Gasteiger partial charge in [-0.2, -0.15) is 0 Å². The number of nitrogens with two attached hydrogens (primary N) is 1. The van der Waals surface area contributed by atoms with Crippen LogP contribution in [0.15, 0.2) is 21.5 Å². The number of sulfonamides is 1. The van der Waals surface area contributed by atoms with E-state index in [1.54, 1.807) is 0 Å². The average molecular weight is 354 g/mol. The second-order valence-electron chi connectivity index (χ2n) is 4.44. The molecule has 100 valence electrons. The fourth-order valence-electron chi connectivity index (χ4n) is 1.89. The fourth-order valence-corrected chi connectivity index (χ4v) is 4.50. The third-order valence-corrected chi connectivity index (χ3v) is 5.95. The lowest BCUT2D eigenvalue weighted by Crippen LogP contribution is -2.27. The zero-order chi connectivity index (χ0) is 13.5. The first-order valence-corrected chi connectivity index (χ1v) is 8.27. The van der Waals surface area contributed by atoms with Gasteiger partial charge in [-0.25, -0.2) is 13.1 Å². The summed E-state index contributed by atoms with van der Waals surface area (Å²) in [5, 5.41) is 0.305. The highest BCUT2D eigenvalue weighted by molar-refractivity contribution is 9.10. The van der Waals surface area contributed by atoms with Gasteiger partial charge in [0.05, 0.1) is 9.37 Å². The zero-order valence-electron chi connectivity index (χ0n) is 9.78. The normalized spacial score (nSPS) is 23.1. The molecular weight excluding hydrogens is 340 g/mol. The number of anilines is 1. The molecule has 2 atom stereocenters. The molecule has 1 aromatic rings. The van der Waals surface area contributed by atoms with Crippen LogP contribution in [0.3, 0.4) is 0 Å². The second kappa shape index (κ2) is 5.00. The van der Waals surface area contributed by atoms with E-state index >= 15 is 0 Å². The number of hydrogen-bond acceptors (Lipinski definition) is 3. The molecule has 0 aromatic heterocycles. The van der Waals surface area contributed by atoms with Crippen LogP contribution in [-0.2, 0) is 10.0 Å². The van der Waals surface area contributed by atoms with Crippen molar-refractivity contribution in [1.29, 1.82) is 0 Å². The van der Waals surface area contributed by atoms with Gasteiger partial charge in [0, 0.05) is 16.8 Å². The maximum Gasteiger partial charge on any atom is 0.242 e. The van der Waals surface area contributed by atoms with Gasteiger partial charge < -0.3 is 5.73 Å². The molecule has 2 rings (SSSR count). The molecular formula is C11H14BrClN2O2S. The monoisotopic (exact) mass is 352 g/mol. The van der Waals surface area contributed by atoms with Crippen molar-refractivity contribution in [2.45, 2.75) is 30.7 Å². The Morgan fingerprint density at radius 2 is 2.22 bits per heavy atom. The highest BCUT2D eigenvalue weighted by Crippen LogP contribution is 2.36. The quantitative estimate of drug-likeness (QED) is 0.818. The van der Waals surface area contributed by atoms with E-state index in [0.717, 1.165) is 12.8 Å². The van der Waals surface area contributed by atoms with Gasteiger partial charge in [0.2, 0.25) is 10.0 Å². The molecule has 0 saturated heterocycles. The molecule has 0 bridgehead atoms. The van der Waals surface area contributed by atoms with E-state index in [1.165, 1.54) is 12.1 Å². The van der Waals surface area contributed by atoms with E-state index in [-0.39, 0.29) is 10.9 Å². The van der Waals surface area contributed by atoms with Crippen LogP contribution in [-0.4, -0.2) is 14.5 Å². The number of nitrogens with one attached hydrogen (secondary N) is 1. The molecule has 0 spiro atoms. The standard InChI is InChI=1S/C11H14BrClN2O2S/c1-2-6-3-9(6)15-18(16,17)10-5-7(13)4-8(14)11(10)12/h4-6,9,15H,2-3,14H2,1H3. The van der Waals surface area contributed by atoms with Crippen LogP contribution in [0.1, 0.15) is 19.8 Å². The average Bonchev–Trinajstić information content (AvgIpc) is 3.00. The van der Waals surface area contributed by atoms with Crippen LogP contribution in [0.4, 0.5) is 5.69 Å². The predicted molar refractivity (Wildman–Crippen MR) is 76.1 cm³/mol. The number of nitrogen functional groups attached to an aromatic ring is 1. The molecule has 0 amide bonds. The lowest BCUT2D eigenvalue weighted by atomic mass is 10.3. The topological polar surface area (TPSA) is 72.2 Å². The number of benzene rings is 1. The van der Waals surface area contributed by atoms with Gasteiger partial charge in [0.15, 0.2) is 0 Å². The Morgan fingerprint density at radius 1 is 1.56 bits per heavy atom. The summed E-state index contributed by atoms with van der Waals surface area (Å²) in [5.41, 5.74) is 6.01. The lowest BCUT2D eigenvalue weighted by Gasteiger charge is -2.10. The molecule has 1 saturated carbocycles. The third-order valence-electron chi connectivity index (χ3n) is 3.08. The number of rotatable bonds is 4. The molecule has 1 aromatic carbocycles. The first-order valence-electron chi connectivity index (χ1n) is 5.62. The molecule has 0 heterocycles. The molecule has 1 aliphatic rings. The second-order valence-corrected chi connectivity index (χ2v) is 7.35. The minimum absolute atomic E-state index is 0.0344. The Hall–Kier alpha value is -0.300. The Balaban J connectivity index is 2.30. The number of hydrogen-bond donors (Lipinski definition) is 2. The Morgan fingerprint density at radius 3 is 2.78 bits per heavy atom. The summed E-state index contributed by atoms with van der Waals surface area (Å²) in [4.78, 5) is 0.0919. The molecule has 3 N–H and O–H groups in total. The van der Waals surface area contributed by atoms with Gasteiger partial charge in [0.25, 0.3) is 0 Å². The maximum absolute atomic E-state index is 12.2. The van der Waals surface area contributed by atoms with Crippen LogP contribution in [0, 0.1) is 5.92 Å². The van der Waals surface area contributed by atoms with Crippen LogP contribution < -0.4 is 10.5 Å². The van der Waals surface area contributed by atoms with Crippen molar-refractivity contribution in [1.82, 2.24) is 4.72 Å². The van der Waals surface area contributed by atoms with Gasteiger partial charge in [-0.05, 0) is 40.4 Å². The minimum Gasteiger partial charge on any atom is -0.398 e. The van der Waals surface area contributed by atoms with E-state index in [4.69, 9.17) is 17.3 Å². The highest BCUT2D eigenvalue weighted by atomic mass is 79.9. The predicted octanol–water partition coefficient (Wildman–Crippen LogP) is 2.76. The van der Waals surface area contributed by atoms with Gasteiger partial charge in [0.1, 0.15) is 0 Å². The van der Waals surface area contributed by atoms with Crippen molar-refractivity contribution in [2.24, 2.45) is 5.92 Å². The maximum atomic E-state index is 12.2. The van der Waals surface area contributed by atoms with Crippen molar-refractivity contribution in [2.75, 3.05) is 5.73 Å². The third kappa shape index (κ3) is 2.82. The van der Waals surface area contributed by atoms with Gasteiger partial charge in [-0.1, -0.05) is 24.9 Å². The Kier molecular flexibility index (Phi) is 3.92. The first kappa shape index (κ1) is 14.1. The van der Waals surface area contributed by atoms with Gasteiger partial charge in [-0.15, -0.1) is 0 Å². The lowest BCUT2D eigenvalue weighted by molar-refractivity contribution is 0.575. The molecule has 0 radical (unpaired) electrons. The summed E-state index contributed by atoms with van der Waals surface area (Å²) in [7, 11) is -3.58. The van der Waals surface area contributed by atoms with E-state index in [2.05, 4.69) is 20.7 Å². The molecule has 7 heteroatoms. The van der Waals surface area contributed by atoms with E-state index < -0.39 is 10.0 Å². The summed E-state index contributed by atoms with van der Waals surface area (Å²) in [6.45, 7) is 2.05. The van der Waals surface area contributed by atoms with Crippen LogP contribution >= 0.6 is 27.5 Å². The van der Waals surface area contributed by atoms with Crippen molar-refractivity contribution < 1.29 is 8.42 Å². The van der Waals surface area contributed by atoms with E-state index in [9.17, 15) is 8.42 Å². The van der Waals surface area contributed by atoms with Crippen molar-refractivity contribution in [3.05, 3.63) is 21.6 Å². The van der Waals surface area contributed by atoms with Crippen molar-refractivity contribution in [3.8, 4) is 0 Å². The molecule has 2 unspecified atom stereocenters. The summed E-state index contributed by atoms with van der Waals surface area (Å²) >= 11 is 9.03. The SMILES string of the molecule is CCC1CC1NS(=O)(=O)c1cc(Cl)cc(N)c1Br. The van der Waals surface area contributed by atoms with Crippen LogP contribution in [0.25, 0.3) is 0 Å². The highest BCUT2D eigenvalue weighted by Gasteiger charge is 2.39. The summed E-state index contributed by atoms with van der Waals surface area (Å²) in [6, 6.07) is 2.94. The number of halogens is 2. The van der Waals surface area contributed by atoms with Gasteiger partial charge >= 0.3 is 0 Å². The van der Waals surface area contributed by atoms with E-state index in [1.807, 2.05) is 6.92 Å². The fraction of sp³-hybridized carbons (Fsp3) is 0.455. The van der Waals surface area contributed by atoms with Gasteiger partial charge in [-0.3, -0.25) is 0 Å². The van der Waals surface area contributed by atoms with Crippen molar-refractivity contribution >= 4 is 43.2 Å². The van der Waals surface area contributed by atoms with E-state index in [0.29, 0.717) is 21.1 Å². The Bertz CT molecular complexity index is 577. The smallest absolute Gasteiger partial charge is 0.242 e. The summed E-state index contributed by atoms with van der Waals surface area (Å²) < 4.78 is 27.5. The zero-order valence-corrected chi connectivity index (χ0v) is 12.9. The molecule has 0 aliphatic heterocycles. The molecule has 18 heavy (non-hydrogen) atoms. The minimum atomic E-state index is -3.58. The largest absolute Gasteiger partial charge is 0.398 e. The van der Waals surface area contributed by atoms with Crippen molar-refractivity contribution in [3.63, 3.8) is 0 Å². The Labute approximate surface area is 120 Å².